The van der Waals surface area contributed by atoms with Gasteiger partial charge in [0.25, 0.3) is 0 Å². The third kappa shape index (κ3) is 4.52. The lowest BCUT2D eigenvalue weighted by Crippen LogP contribution is -2.33. The van der Waals surface area contributed by atoms with E-state index in [1.807, 2.05) is 51.1 Å². The lowest BCUT2D eigenvalue weighted by Gasteiger charge is -2.18. The van der Waals surface area contributed by atoms with Gasteiger partial charge in [0.1, 0.15) is 4.90 Å². The van der Waals surface area contributed by atoms with Gasteiger partial charge in [0.05, 0.1) is 18.3 Å². The number of sulfonamides is 1. The highest BCUT2D eigenvalue weighted by Gasteiger charge is 2.30. The maximum absolute atomic E-state index is 12.9. The molecule has 1 atom stereocenters. The Balaban J connectivity index is 1.86. The molecule has 1 unspecified atom stereocenters. The summed E-state index contributed by atoms with van der Waals surface area (Å²) in [6, 6.07) is 9.89. The Bertz CT molecular complexity index is 833. The first-order chi connectivity index (χ1) is 12.3. The Labute approximate surface area is 155 Å². The number of nitrogens with one attached hydrogen (secondary N) is 1. The van der Waals surface area contributed by atoms with Crippen LogP contribution in [-0.4, -0.2) is 37.5 Å². The van der Waals surface area contributed by atoms with Gasteiger partial charge in [-0.2, -0.15) is 5.10 Å². The minimum absolute atomic E-state index is 0.0396. The first kappa shape index (κ1) is 19.1. The van der Waals surface area contributed by atoms with Crippen molar-refractivity contribution in [3.63, 3.8) is 0 Å². The third-order valence-corrected chi connectivity index (χ3v) is 5.86. The molecule has 1 aromatic carbocycles. The second-order valence-electron chi connectivity index (χ2n) is 7.76. The molecule has 2 aromatic rings. The van der Waals surface area contributed by atoms with Crippen LogP contribution in [0.4, 0.5) is 0 Å². The summed E-state index contributed by atoms with van der Waals surface area (Å²) in [6.45, 7) is 7.46. The molecule has 1 aliphatic heterocycles. The summed E-state index contributed by atoms with van der Waals surface area (Å²) in [5, 5.41) is 4.59. The summed E-state index contributed by atoms with van der Waals surface area (Å²) < 4.78 is 35.7. The van der Waals surface area contributed by atoms with Gasteiger partial charge < -0.3 is 4.74 Å². The minimum Gasteiger partial charge on any atom is -0.377 e. The van der Waals surface area contributed by atoms with Crippen LogP contribution < -0.4 is 4.72 Å². The summed E-state index contributed by atoms with van der Waals surface area (Å²) in [5.41, 5.74) is 1.27. The maximum Gasteiger partial charge on any atom is 0.244 e. The summed E-state index contributed by atoms with van der Waals surface area (Å²) >= 11 is 0. The minimum atomic E-state index is -3.65. The van der Waals surface area contributed by atoms with E-state index in [1.165, 1.54) is 0 Å². The number of hydrogen-bond donors (Lipinski definition) is 1. The van der Waals surface area contributed by atoms with Crippen LogP contribution in [0.15, 0.2) is 41.4 Å². The van der Waals surface area contributed by atoms with Gasteiger partial charge in [-0.15, -0.1) is 0 Å². The molecule has 6 nitrogen and oxygen atoms in total. The van der Waals surface area contributed by atoms with Crippen molar-refractivity contribution in [2.45, 2.75) is 56.6 Å². The third-order valence-electron chi connectivity index (χ3n) is 4.44. The molecule has 0 aliphatic carbocycles. The predicted molar refractivity (Wildman–Crippen MR) is 101 cm³/mol. The summed E-state index contributed by atoms with van der Waals surface area (Å²) in [6.07, 6.45) is 3.46. The fourth-order valence-electron chi connectivity index (χ4n) is 3.06. The largest absolute Gasteiger partial charge is 0.377 e. The first-order valence-corrected chi connectivity index (χ1v) is 10.5. The first-order valence-electron chi connectivity index (χ1n) is 8.99. The highest BCUT2D eigenvalue weighted by atomic mass is 32.2. The van der Waals surface area contributed by atoms with Crippen molar-refractivity contribution in [1.82, 2.24) is 14.5 Å². The van der Waals surface area contributed by atoms with E-state index < -0.39 is 10.0 Å². The number of hydrogen-bond acceptors (Lipinski definition) is 4. The highest BCUT2D eigenvalue weighted by Crippen LogP contribution is 2.28. The van der Waals surface area contributed by atoms with Gasteiger partial charge in [-0.1, -0.05) is 51.1 Å². The maximum atomic E-state index is 12.9. The van der Waals surface area contributed by atoms with Crippen molar-refractivity contribution >= 4 is 10.0 Å². The van der Waals surface area contributed by atoms with E-state index >= 15 is 0 Å². The quantitative estimate of drug-likeness (QED) is 0.840. The normalized spacial score (nSPS) is 18.3. The zero-order valence-corrected chi connectivity index (χ0v) is 16.4. The van der Waals surface area contributed by atoms with Crippen LogP contribution in [0.25, 0.3) is 0 Å². The predicted octanol–water partition coefficient (Wildman–Crippen LogP) is 2.69. The number of nitrogens with zero attached hydrogens (tertiary/aromatic N) is 2. The summed E-state index contributed by atoms with van der Waals surface area (Å²) in [5.74, 6) is 0. The molecule has 1 aliphatic rings. The molecule has 0 radical (unpaired) electrons. The Kier molecular flexibility index (Phi) is 5.50. The van der Waals surface area contributed by atoms with E-state index in [4.69, 9.17) is 4.74 Å². The van der Waals surface area contributed by atoms with E-state index in [-0.39, 0.29) is 16.4 Å². The van der Waals surface area contributed by atoms with Gasteiger partial charge in [-0.3, -0.25) is 4.68 Å². The average Bonchev–Trinajstić information content (AvgIpc) is 3.23. The van der Waals surface area contributed by atoms with Crippen LogP contribution in [0, 0.1) is 0 Å². The Morgan fingerprint density at radius 2 is 2.00 bits per heavy atom. The lowest BCUT2D eigenvalue weighted by molar-refractivity contribution is 0.114. The van der Waals surface area contributed by atoms with Crippen LogP contribution in [0.3, 0.4) is 0 Å². The van der Waals surface area contributed by atoms with Gasteiger partial charge in [-0.05, 0) is 18.4 Å². The highest BCUT2D eigenvalue weighted by molar-refractivity contribution is 7.89. The number of aromatic nitrogens is 2. The Morgan fingerprint density at radius 1 is 1.27 bits per heavy atom. The van der Waals surface area contributed by atoms with E-state index in [1.54, 1.807) is 10.9 Å². The molecule has 1 N–H and O–H groups in total. The number of benzene rings is 1. The Morgan fingerprint density at radius 3 is 2.62 bits per heavy atom. The monoisotopic (exact) mass is 377 g/mol. The molecule has 0 bridgehead atoms. The molecule has 0 spiro atoms. The summed E-state index contributed by atoms with van der Waals surface area (Å²) in [4.78, 5) is 0.249. The van der Waals surface area contributed by atoms with E-state index in [0.29, 0.717) is 25.4 Å². The lowest BCUT2D eigenvalue weighted by atomic mass is 9.92. The van der Waals surface area contributed by atoms with Crippen LogP contribution in [-0.2, 0) is 26.7 Å². The van der Waals surface area contributed by atoms with Crippen molar-refractivity contribution in [1.29, 1.82) is 0 Å². The molecule has 1 saturated heterocycles. The molecule has 0 amide bonds. The van der Waals surface area contributed by atoms with Crippen LogP contribution in [0.2, 0.25) is 0 Å². The second-order valence-corrected chi connectivity index (χ2v) is 9.50. The van der Waals surface area contributed by atoms with E-state index in [0.717, 1.165) is 18.4 Å². The zero-order chi connectivity index (χ0) is 18.8. The fraction of sp³-hybridized carbons (Fsp3) is 0.526. The smallest absolute Gasteiger partial charge is 0.244 e. The number of ether oxygens (including phenoxy) is 1. The van der Waals surface area contributed by atoms with Crippen molar-refractivity contribution in [3.8, 4) is 0 Å². The van der Waals surface area contributed by atoms with Gasteiger partial charge in [-0.25, -0.2) is 13.1 Å². The molecule has 142 valence electrons. The fourth-order valence-corrected chi connectivity index (χ4v) is 4.48. The molecule has 26 heavy (non-hydrogen) atoms. The van der Waals surface area contributed by atoms with Gasteiger partial charge in [0, 0.05) is 24.8 Å². The van der Waals surface area contributed by atoms with E-state index in [9.17, 15) is 8.42 Å². The van der Waals surface area contributed by atoms with Crippen molar-refractivity contribution in [3.05, 3.63) is 47.8 Å². The van der Waals surface area contributed by atoms with Crippen LogP contribution in [0.5, 0.6) is 0 Å². The molecular weight excluding hydrogens is 350 g/mol. The molecule has 0 saturated carbocycles. The molecular formula is C19H27N3O3S. The van der Waals surface area contributed by atoms with E-state index in [2.05, 4.69) is 9.82 Å². The molecule has 2 heterocycles. The second kappa shape index (κ2) is 7.50. The van der Waals surface area contributed by atoms with Crippen molar-refractivity contribution in [2.24, 2.45) is 0 Å². The zero-order valence-electron chi connectivity index (χ0n) is 15.6. The SMILES string of the molecule is CC(C)(C)c1nn(Cc2ccccc2)cc1S(=O)(=O)NCC1CCCO1. The molecule has 7 heteroatoms. The van der Waals surface area contributed by atoms with Gasteiger partial charge >= 0.3 is 0 Å². The van der Waals surface area contributed by atoms with Crippen LogP contribution in [0.1, 0.15) is 44.9 Å². The topological polar surface area (TPSA) is 73.2 Å². The molecule has 1 fully saturated rings. The van der Waals surface area contributed by atoms with Gasteiger partial charge in [0.15, 0.2) is 0 Å². The number of rotatable bonds is 6. The Hall–Kier alpha value is -1.70. The standard InChI is InChI=1S/C19H27N3O3S/c1-19(2,3)18-17(26(23,24)20-12-16-10-7-11-25-16)14-22(21-18)13-15-8-5-4-6-9-15/h4-6,8-9,14,16,20H,7,10-13H2,1-3H3. The van der Waals surface area contributed by atoms with Gasteiger partial charge in [0.2, 0.25) is 10.0 Å². The van der Waals surface area contributed by atoms with Crippen molar-refractivity contribution < 1.29 is 13.2 Å². The molecule has 3 rings (SSSR count). The average molecular weight is 378 g/mol. The molecule has 1 aromatic heterocycles. The van der Waals surface area contributed by atoms with Crippen LogP contribution >= 0.6 is 0 Å². The summed E-state index contributed by atoms with van der Waals surface area (Å²) in [7, 11) is -3.65. The van der Waals surface area contributed by atoms with Crippen molar-refractivity contribution in [2.75, 3.05) is 13.2 Å².